The topological polar surface area (TPSA) is 63.5 Å². The SMILES string of the molecule is COCc1c(C(=O)NNc2ccccc2C(F)(F)F)oc2ccccc12. The molecule has 0 radical (unpaired) electrons. The van der Waals surface area contributed by atoms with E-state index < -0.39 is 17.6 Å². The third-order valence-corrected chi connectivity index (χ3v) is 3.74. The maximum atomic E-state index is 13.0. The molecule has 0 bridgehead atoms. The van der Waals surface area contributed by atoms with Crippen molar-refractivity contribution >= 4 is 22.6 Å². The van der Waals surface area contributed by atoms with E-state index in [0.717, 1.165) is 6.07 Å². The Kier molecular flexibility index (Phi) is 4.85. The number of fused-ring (bicyclic) bond motifs is 1. The molecule has 3 rings (SSSR count). The summed E-state index contributed by atoms with van der Waals surface area (Å²) in [5.41, 5.74) is 4.41. The largest absolute Gasteiger partial charge is 0.450 e. The van der Waals surface area contributed by atoms with Crippen LogP contribution in [0.4, 0.5) is 18.9 Å². The molecule has 0 unspecified atom stereocenters. The number of nitrogens with one attached hydrogen (secondary N) is 2. The molecule has 0 fully saturated rings. The number of furan rings is 1. The van der Waals surface area contributed by atoms with Gasteiger partial charge in [0.25, 0.3) is 0 Å². The highest BCUT2D eigenvalue weighted by atomic mass is 19.4. The molecule has 5 nitrogen and oxygen atoms in total. The highest BCUT2D eigenvalue weighted by Crippen LogP contribution is 2.34. The van der Waals surface area contributed by atoms with Gasteiger partial charge in [0.15, 0.2) is 5.76 Å². The monoisotopic (exact) mass is 364 g/mol. The van der Waals surface area contributed by atoms with Gasteiger partial charge < -0.3 is 9.15 Å². The van der Waals surface area contributed by atoms with E-state index in [0.29, 0.717) is 16.5 Å². The van der Waals surface area contributed by atoms with Crippen LogP contribution in [0.2, 0.25) is 0 Å². The normalized spacial score (nSPS) is 11.5. The number of para-hydroxylation sites is 2. The standard InChI is InChI=1S/C18H15F3N2O3/c1-25-10-12-11-6-2-5-9-15(11)26-16(12)17(24)23-22-14-8-4-3-7-13(14)18(19,20)21/h2-9,22H,10H2,1H3,(H,23,24). The van der Waals surface area contributed by atoms with Crippen molar-refractivity contribution in [2.24, 2.45) is 0 Å². The Morgan fingerprint density at radius 1 is 1.12 bits per heavy atom. The second kappa shape index (κ2) is 7.09. The van der Waals surface area contributed by atoms with Gasteiger partial charge in [-0.3, -0.25) is 15.6 Å². The van der Waals surface area contributed by atoms with Crippen molar-refractivity contribution in [3.05, 3.63) is 65.4 Å². The third kappa shape index (κ3) is 3.50. The predicted molar refractivity (Wildman–Crippen MR) is 89.5 cm³/mol. The Morgan fingerprint density at radius 2 is 1.81 bits per heavy atom. The fourth-order valence-corrected chi connectivity index (χ4v) is 2.59. The Morgan fingerprint density at radius 3 is 2.54 bits per heavy atom. The third-order valence-electron chi connectivity index (χ3n) is 3.74. The number of hydrogen-bond acceptors (Lipinski definition) is 4. The average Bonchev–Trinajstić information content (AvgIpc) is 2.98. The zero-order valence-electron chi connectivity index (χ0n) is 13.7. The summed E-state index contributed by atoms with van der Waals surface area (Å²) in [6.07, 6.45) is -4.55. The summed E-state index contributed by atoms with van der Waals surface area (Å²) >= 11 is 0. The number of benzene rings is 2. The Labute approximate surface area is 146 Å². The van der Waals surface area contributed by atoms with Gasteiger partial charge in [0, 0.05) is 18.1 Å². The summed E-state index contributed by atoms with van der Waals surface area (Å²) in [7, 11) is 1.47. The fraction of sp³-hybridized carbons (Fsp3) is 0.167. The van der Waals surface area contributed by atoms with Crippen LogP contribution in [0.1, 0.15) is 21.7 Å². The van der Waals surface area contributed by atoms with Crippen molar-refractivity contribution < 1.29 is 27.1 Å². The Hall–Kier alpha value is -3.00. The smallest absolute Gasteiger partial charge is 0.418 e. The van der Waals surface area contributed by atoms with Crippen molar-refractivity contribution in [2.75, 3.05) is 12.5 Å². The average molecular weight is 364 g/mol. The summed E-state index contributed by atoms with van der Waals surface area (Å²) in [5.74, 6) is -0.727. The molecule has 26 heavy (non-hydrogen) atoms. The molecule has 1 heterocycles. The van der Waals surface area contributed by atoms with E-state index in [4.69, 9.17) is 9.15 Å². The molecule has 3 aromatic rings. The number of hydrazine groups is 1. The number of carbonyl (C=O) groups is 1. The first-order chi connectivity index (χ1) is 12.4. The van der Waals surface area contributed by atoms with E-state index in [1.54, 1.807) is 24.3 Å². The van der Waals surface area contributed by atoms with Gasteiger partial charge in [-0.15, -0.1) is 0 Å². The van der Waals surface area contributed by atoms with Crippen LogP contribution in [0.3, 0.4) is 0 Å². The van der Waals surface area contributed by atoms with Gasteiger partial charge in [-0.2, -0.15) is 13.2 Å². The number of rotatable bonds is 5. The van der Waals surface area contributed by atoms with Crippen LogP contribution >= 0.6 is 0 Å². The number of amides is 1. The minimum atomic E-state index is -4.55. The van der Waals surface area contributed by atoms with Crippen LogP contribution in [-0.4, -0.2) is 13.0 Å². The van der Waals surface area contributed by atoms with Crippen molar-refractivity contribution in [3.8, 4) is 0 Å². The maximum Gasteiger partial charge on any atom is 0.418 e. The number of alkyl halides is 3. The molecule has 0 saturated heterocycles. The summed E-state index contributed by atoms with van der Waals surface area (Å²) in [6.45, 7) is 0.124. The Balaban J connectivity index is 1.86. The molecule has 0 spiro atoms. The van der Waals surface area contributed by atoms with Crippen LogP contribution in [0, 0.1) is 0 Å². The van der Waals surface area contributed by atoms with Gasteiger partial charge in [-0.05, 0) is 18.2 Å². The molecule has 0 aliphatic carbocycles. The minimum absolute atomic E-state index is 0.0231. The van der Waals surface area contributed by atoms with E-state index in [2.05, 4.69) is 10.9 Å². The molecule has 0 atom stereocenters. The number of carbonyl (C=O) groups excluding carboxylic acids is 1. The van der Waals surface area contributed by atoms with Crippen LogP contribution in [0.15, 0.2) is 52.9 Å². The second-order valence-electron chi connectivity index (χ2n) is 5.46. The lowest BCUT2D eigenvalue weighted by Gasteiger charge is -2.14. The van der Waals surface area contributed by atoms with E-state index in [1.807, 2.05) is 0 Å². The van der Waals surface area contributed by atoms with Crippen LogP contribution < -0.4 is 10.9 Å². The molecule has 136 valence electrons. The minimum Gasteiger partial charge on any atom is -0.450 e. The number of methoxy groups -OCH3 is 1. The molecule has 2 aromatic carbocycles. The number of halogens is 3. The van der Waals surface area contributed by atoms with Crippen molar-refractivity contribution in [2.45, 2.75) is 12.8 Å². The van der Waals surface area contributed by atoms with E-state index in [1.165, 1.54) is 25.3 Å². The maximum absolute atomic E-state index is 13.0. The highest BCUT2D eigenvalue weighted by molar-refractivity contribution is 5.99. The van der Waals surface area contributed by atoms with Crippen LogP contribution in [0.5, 0.6) is 0 Å². The molecule has 0 saturated carbocycles. The summed E-state index contributed by atoms with van der Waals surface area (Å²) < 4.78 is 49.7. The molecule has 1 aromatic heterocycles. The number of anilines is 1. The second-order valence-corrected chi connectivity index (χ2v) is 5.46. The zero-order chi connectivity index (χ0) is 18.7. The predicted octanol–water partition coefficient (Wildman–Crippen LogP) is 4.35. The molecule has 1 amide bonds. The van der Waals surface area contributed by atoms with Gasteiger partial charge >= 0.3 is 12.1 Å². The van der Waals surface area contributed by atoms with Gasteiger partial charge in [-0.25, -0.2) is 0 Å². The Bertz CT molecular complexity index is 935. The summed E-state index contributed by atoms with van der Waals surface area (Å²) in [6, 6.07) is 11.9. The van der Waals surface area contributed by atoms with Crippen molar-refractivity contribution in [3.63, 3.8) is 0 Å². The highest BCUT2D eigenvalue weighted by Gasteiger charge is 2.33. The van der Waals surface area contributed by atoms with E-state index in [9.17, 15) is 18.0 Å². The molecule has 0 aliphatic heterocycles. The van der Waals surface area contributed by atoms with Gasteiger partial charge in [0.05, 0.1) is 17.9 Å². The first kappa shape index (κ1) is 17.8. The molecule has 0 aliphatic rings. The quantitative estimate of drug-likeness (QED) is 0.661. The molecular formula is C18H15F3N2O3. The molecule has 2 N–H and O–H groups in total. The first-order valence-corrected chi connectivity index (χ1v) is 7.63. The van der Waals surface area contributed by atoms with Crippen molar-refractivity contribution in [1.82, 2.24) is 5.43 Å². The lowest BCUT2D eigenvalue weighted by Crippen LogP contribution is -2.31. The van der Waals surface area contributed by atoms with Crippen LogP contribution in [0.25, 0.3) is 11.0 Å². The summed E-state index contributed by atoms with van der Waals surface area (Å²) in [4.78, 5) is 12.4. The first-order valence-electron chi connectivity index (χ1n) is 7.63. The molecule has 8 heteroatoms. The zero-order valence-corrected chi connectivity index (χ0v) is 13.7. The lowest BCUT2D eigenvalue weighted by atomic mass is 10.1. The lowest BCUT2D eigenvalue weighted by molar-refractivity contribution is -0.137. The van der Waals surface area contributed by atoms with Crippen LogP contribution in [-0.2, 0) is 17.5 Å². The van der Waals surface area contributed by atoms with Gasteiger partial charge in [0.2, 0.25) is 0 Å². The number of ether oxygens (including phenoxy) is 1. The summed E-state index contributed by atoms with van der Waals surface area (Å²) in [5, 5.41) is 0.704. The fourth-order valence-electron chi connectivity index (χ4n) is 2.59. The van der Waals surface area contributed by atoms with E-state index in [-0.39, 0.29) is 18.1 Å². The van der Waals surface area contributed by atoms with Gasteiger partial charge in [0.1, 0.15) is 5.58 Å². The van der Waals surface area contributed by atoms with Crippen molar-refractivity contribution in [1.29, 1.82) is 0 Å². The molecular weight excluding hydrogens is 349 g/mol. The van der Waals surface area contributed by atoms with E-state index >= 15 is 0 Å². The number of hydrogen-bond donors (Lipinski definition) is 2. The van der Waals surface area contributed by atoms with Gasteiger partial charge in [-0.1, -0.05) is 30.3 Å².